The SMILES string of the molecule is CCc1c(C)nc(-n2[nH]c(C)c(N=Nc3ccc(C(=O)O)cc3)c2=O)[nH]c1=O. The predicted molar refractivity (Wildman–Crippen MR) is 101 cm³/mol. The van der Waals surface area contributed by atoms with Crippen molar-refractivity contribution in [2.45, 2.75) is 27.2 Å². The van der Waals surface area contributed by atoms with Gasteiger partial charge in [0.2, 0.25) is 5.95 Å². The predicted octanol–water partition coefficient (Wildman–Crippen LogP) is 2.54. The fraction of sp³-hybridized carbons (Fsp3) is 0.222. The lowest BCUT2D eigenvalue weighted by molar-refractivity contribution is 0.0697. The highest BCUT2D eigenvalue weighted by molar-refractivity contribution is 5.87. The number of carbonyl (C=O) groups is 1. The monoisotopic (exact) mass is 382 g/mol. The summed E-state index contributed by atoms with van der Waals surface area (Å²) in [6.07, 6.45) is 0.535. The van der Waals surface area contributed by atoms with Crippen molar-refractivity contribution in [1.82, 2.24) is 19.7 Å². The second-order valence-corrected chi connectivity index (χ2v) is 6.09. The summed E-state index contributed by atoms with van der Waals surface area (Å²) in [7, 11) is 0. The number of nitrogens with zero attached hydrogens (tertiary/aromatic N) is 4. The second-order valence-electron chi connectivity index (χ2n) is 6.09. The van der Waals surface area contributed by atoms with Crippen LogP contribution in [0.2, 0.25) is 0 Å². The standard InChI is InChI=1S/C18H18N6O4/c1-4-13-9(2)19-18(20-15(13)25)24-16(26)14(10(3)23-24)22-21-12-7-5-11(6-8-12)17(27)28/h5-8,23H,4H2,1-3H3,(H,27,28)(H,19,20,25). The van der Waals surface area contributed by atoms with E-state index >= 15 is 0 Å². The number of aromatic carboxylic acids is 1. The molecule has 2 heterocycles. The number of aromatic amines is 2. The van der Waals surface area contributed by atoms with Gasteiger partial charge in [-0.05, 0) is 44.5 Å². The van der Waals surface area contributed by atoms with E-state index in [-0.39, 0.29) is 22.8 Å². The normalized spacial score (nSPS) is 11.2. The van der Waals surface area contributed by atoms with E-state index in [9.17, 15) is 14.4 Å². The third kappa shape index (κ3) is 3.52. The van der Waals surface area contributed by atoms with Crippen molar-refractivity contribution in [3.8, 4) is 5.95 Å². The molecule has 10 heteroatoms. The van der Waals surface area contributed by atoms with Crippen molar-refractivity contribution in [3.63, 3.8) is 0 Å². The molecule has 0 amide bonds. The summed E-state index contributed by atoms with van der Waals surface area (Å²) in [5.74, 6) is -0.973. The molecule has 0 atom stereocenters. The zero-order valence-corrected chi connectivity index (χ0v) is 15.5. The van der Waals surface area contributed by atoms with Crippen LogP contribution in [0.3, 0.4) is 0 Å². The molecule has 0 aliphatic carbocycles. The van der Waals surface area contributed by atoms with Gasteiger partial charge in [-0.25, -0.2) is 9.78 Å². The Bertz CT molecular complexity index is 1180. The maximum Gasteiger partial charge on any atom is 0.335 e. The fourth-order valence-corrected chi connectivity index (χ4v) is 2.70. The van der Waals surface area contributed by atoms with Gasteiger partial charge in [-0.3, -0.25) is 19.7 Å². The topological polar surface area (TPSA) is 146 Å². The van der Waals surface area contributed by atoms with Crippen LogP contribution in [-0.2, 0) is 6.42 Å². The van der Waals surface area contributed by atoms with E-state index in [0.29, 0.717) is 29.1 Å². The second kappa shape index (κ2) is 7.43. The van der Waals surface area contributed by atoms with Crippen LogP contribution >= 0.6 is 0 Å². The Kier molecular flexibility index (Phi) is 5.03. The Morgan fingerprint density at radius 1 is 1.18 bits per heavy atom. The van der Waals surface area contributed by atoms with Gasteiger partial charge in [0.1, 0.15) is 0 Å². The van der Waals surface area contributed by atoms with Gasteiger partial charge in [0, 0.05) is 11.3 Å². The minimum atomic E-state index is -1.04. The third-order valence-corrected chi connectivity index (χ3v) is 4.20. The lowest BCUT2D eigenvalue weighted by atomic mass is 10.2. The molecule has 3 N–H and O–H groups in total. The van der Waals surface area contributed by atoms with Gasteiger partial charge in [0.25, 0.3) is 5.56 Å². The van der Waals surface area contributed by atoms with Gasteiger partial charge < -0.3 is 5.11 Å². The average molecular weight is 382 g/mol. The van der Waals surface area contributed by atoms with Crippen LogP contribution in [0.1, 0.15) is 34.2 Å². The number of azo groups is 1. The summed E-state index contributed by atoms with van der Waals surface area (Å²) in [5.41, 5.74) is 1.30. The molecule has 0 spiro atoms. The first-order chi connectivity index (χ1) is 13.3. The molecule has 3 aromatic rings. The number of carboxylic acid groups (broad SMARTS) is 1. The van der Waals surface area contributed by atoms with E-state index in [4.69, 9.17) is 5.11 Å². The Morgan fingerprint density at radius 2 is 1.86 bits per heavy atom. The maximum absolute atomic E-state index is 12.7. The Hall–Kier alpha value is -3.82. The minimum absolute atomic E-state index is 0.0576. The van der Waals surface area contributed by atoms with Crippen LogP contribution in [0.15, 0.2) is 44.1 Å². The van der Waals surface area contributed by atoms with Crippen molar-refractivity contribution < 1.29 is 9.90 Å². The molecule has 0 saturated heterocycles. The molecule has 0 fully saturated rings. The minimum Gasteiger partial charge on any atom is -0.478 e. The van der Waals surface area contributed by atoms with Gasteiger partial charge in [-0.2, -0.15) is 9.80 Å². The molecule has 0 unspecified atom stereocenters. The largest absolute Gasteiger partial charge is 0.478 e. The smallest absolute Gasteiger partial charge is 0.335 e. The van der Waals surface area contributed by atoms with E-state index in [1.54, 1.807) is 13.8 Å². The van der Waals surface area contributed by atoms with Crippen molar-refractivity contribution in [2.24, 2.45) is 10.2 Å². The van der Waals surface area contributed by atoms with E-state index in [1.807, 2.05) is 6.92 Å². The number of carboxylic acids is 1. The number of hydrogen-bond acceptors (Lipinski definition) is 6. The Labute approximate surface area is 158 Å². The first-order valence-corrected chi connectivity index (χ1v) is 8.48. The van der Waals surface area contributed by atoms with Crippen LogP contribution in [0.25, 0.3) is 5.95 Å². The summed E-state index contributed by atoms with van der Waals surface area (Å²) in [6.45, 7) is 5.20. The molecule has 0 radical (unpaired) electrons. The number of aryl methyl sites for hydroxylation is 2. The first-order valence-electron chi connectivity index (χ1n) is 8.48. The van der Waals surface area contributed by atoms with Crippen LogP contribution in [0.4, 0.5) is 11.4 Å². The highest BCUT2D eigenvalue weighted by Crippen LogP contribution is 2.19. The number of H-pyrrole nitrogens is 2. The molecule has 0 aliphatic heterocycles. The van der Waals surface area contributed by atoms with E-state index in [2.05, 4.69) is 25.3 Å². The molecule has 0 saturated carbocycles. The van der Waals surface area contributed by atoms with Gasteiger partial charge in [0.15, 0.2) is 5.69 Å². The van der Waals surface area contributed by atoms with E-state index < -0.39 is 11.5 Å². The summed E-state index contributed by atoms with van der Waals surface area (Å²) in [6, 6.07) is 5.76. The van der Waals surface area contributed by atoms with Crippen LogP contribution < -0.4 is 11.1 Å². The molecule has 1 aromatic carbocycles. The van der Waals surface area contributed by atoms with E-state index in [0.717, 1.165) is 4.68 Å². The summed E-state index contributed by atoms with van der Waals surface area (Å²) < 4.78 is 1.10. The number of benzene rings is 1. The molecule has 0 bridgehead atoms. The van der Waals surface area contributed by atoms with Crippen molar-refractivity contribution >= 4 is 17.3 Å². The highest BCUT2D eigenvalue weighted by Gasteiger charge is 2.15. The quantitative estimate of drug-likeness (QED) is 0.580. The average Bonchev–Trinajstić information content (AvgIpc) is 2.94. The van der Waals surface area contributed by atoms with Crippen molar-refractivity contribution in [2.75, 3.05) is 0 Å². The van der Waals surface area contributed by atoms with Gasteiger partial charge in [-0.15, -0.1) is 5.11 Å². The number of rotatable bonds is 5. The molecule has 0 aliphatic rings. The third-order valence-electron chi connectivity index (χ3n) is 4.20. The zero-order chi connectivity index (χ0) is 20.4. The fourth-order valence-electron chi connectivity index (χ4n) is 2.70. The van der Waals surface area contributed by atoms with E-state index in [1.165, 1.54) is 24.3 Å². The molecule has 3 rings (SSSR count). The van der Waals surface area contributed by atoms with Crippen LogP contribution in [0, 0.1) is 13.8 Å². The summed E-state index contributed by atoms with van der Waals surface area (Å²) in [4.78, 5) is 42.6. The molecule has 28 heavy (non-hydrogen) atoms. The van der Waals surface area contributed by atoms with Crippen molar-refractivity contribution in [3.05, 3.63) is 67.5 Å². The summed E-state index contributed by atoms with van der Waals surface area (Å²) >= 11 is 0. The molecule has 144 valence electrons. The molecule has 2 aromatic heterocycles. The molecular formula is C18H18N6O4. The van der Waals surface area contributed by atoms with Crippen molar-refractivity contribution in [1.29, 1.82) is 0 Å². The maximum atomic E-state index is 12.7. The van der Waals surface area contributed by atoms with Crippen LogP contribution in [0.5, 0.6) is 0 Å². The Morgan fingerprint density at radius 3 is 2.43 bits per heavy atom. The first kappa shape index (κ1) is 19.0. The molecule has 10 nitrogen and oxygen atoms in total. The number of hydrogen-bond donors (Lipinski definition) is 3. The zero-order valence-electron chi connectivity index (χ0n) is 15.5. The number of nitrogens with one attached hydrogen (secondary N) is 2. The highest BCUT2D eigenvalue weighted by atomic mass is 16.4. The lowest BCUT2D eigenvalue weighted by Crippen LogP contribution is -2.24. The van der Waals surface area contributed by atoms with Crippen LogP contribution in [-0.4, -0.2) is 30.8 Å². The molecular weight excluding hydrogens is 364 g/mol. The number of aromatic nitrogens is 4. The lowest BCUT2D eigenvalue weighted by Gasteiger charge is -2.05. The van der Waals surface area contributed by atoms with Gasteiger partial charge >= 0.3 is 11.5 Å². The van der Waals surface area contributed by atoms with Gasteiger partial charge in [0.05, 0.1) is 16.9 Å². The van der Waals surface area contributed by atoms with Gasteiger partial charge in [-0.1, -0.05) is 6.92 Å². The summed E-state index contributed by atoms with van der Waals surface area (Å²) in [5, 5.41) is 19.7. The Balaban J connectivity index is 1.98.